The Bertz CT molecular complexity index is 133. The predicted octanol–water partition coefficient (Wildman–Crippen LogP) is 1.31. The highest BCUT2D eigenvalue weighted by atomic mass is 16.5. The van der Waals surface area contributed by atoms with E-state index in [1.807, 2.05) is 0 Å². The van der Waals surface area contributed by atoms with Gasteiger partial charge in [-0.2, -0.15) is 0 Å². The van der Waals surface area contributed by atoms with Crippen molar-refractivity contribution in [2.45, 2.75) is 51.2 Å². The second kappa shape index (κ2) is 7.21. The summed E-state index contributed by atoms with van der Waals surface area (Å²) >= 11 is 0. The van der Waals surface area contributed by atoms with Gasteiger partial charge < -0.3 is 15.2 Å². The van der Waals surface area contributed by atoms with Crippen molar-refractivity contribution in [1.29, 1.82) is 0 Å². The molecule has 0 spiro atoms. The van der Waals surface area contributed by atoms with E-state index in [9.17, 15) is 0 Å². The third-order valence-electron chi connectivity index (χ3n) is 2.61. The van der Waals surface area contributed by atoms with Gasteiger partial charge in [0, 0.05) is 12.6 Å². The lowest BCUT2D eigenvalue weighted by atomic mass is 10.2. The first-order valence-electron chi connectivity index (χ1n) is 5.78. The summed E-state index contributed by atoms with van der Waals surface area (Å²) in [6, 6.07) is 0.756. The number of hydrogen-bond donors (Lipinski definition) is 2. The molecule has 0 radical (unpaired) electrons. The third-order valence-corrected chi connectivity index (χ3v) is 2.61. The molecule has 1 fully saturated rings. The van der Waals surface area contributed by atoms with Crippen molar-refractivity contribution < 1.29 is 9.84 Å². The van der Waals surface area contributed by atoms with E-state index in [-0.39, 0.29) is 6.10 Å². The fourth-order valence-corrected chi connectivity index (χ4v) is 1.86. The average molecular weight is 201 g/mol. The maximum absolute atomic E-state index is 8.94. The summed E-state index contributed by atoms with van der Waals surface area (Å²) in [4.78, 5) is 0. The number of aliphatic hydroxyl groups is 1. The molecule has 0 aromatic rings. The second-order valence-electron chi connectivity index (χ2n) is 4.21. The zero-order chi connectivity index (χ0) is 10.2. The predicted molar refractivity (Wildman–Crippen MR) is 57.4 cm³/mol. The summed E-state index contributed by atoms with van der Waals surface area (Å²) < 4.78 is 5.27. The van der Waals surface area contributed by atoms with Gasteiger partial charge in [-0.05, 0) is 32.7 Å². The fraction of sp³-hybridized carbons (Fsp3) is 1.00. The molecule has 3 nitrogen and oxygen atoms in total. The van der Waals surface area contributed by atoms with Gasteiger partial charge in [0.05, 0.1) is 12.7 Å². The Morgan fingerprint density at radius 3 is 2.79 bits per heavy atom. The van der Waals surface area contributed by atoms with Crippen LogP contribution in [0.3, 0.4) is 0 Å². The second-order valence-corrected chi connectivity index (χ2v) is 4.21. The summed E-state index contributed by atoms with van der Waals surface area (Å²) in [7, 11) is 0. The summed E-state index contributed by atoms with van der Waals surface area (Å²) in [5.74, 6) is 0. The van der Waals surface area contributed by atoms with Crippen LogP contribution in [0.2, 0.25) is 0 Å². The minimum absolute atomic E-state index is 0.335. The van der Waals surface area contributed by atoms with E-state index in [1.54, 1.807) is 6.92 Å². The monoisotopic (exact) mass is 201 g/mol. The van der Waals surface area contributed by atoms with Gasteiger partial charge in [0.2, 0.25) is 0 Å². The highest BCUT2D eigenvalue weighted by Gasteiger charge is 2.12. The third kappa shape index (κ3) is 5.58. The van der Waals surface area contributed by atoms with Crippen LogP contribution in [0.5, 0.6) is 0 Å². The van der Waals surface area contributed by atoms with Crippen LogP contribution >= 0.6 is 0 Å². The van der Waals surface area contributed by atoms with Crippen LogP contribution in [0, 0.1) is 0 Å². The van der Waals surface area contributed by atoms with Gasteiger partial charge in [-0.15, -0.1) is 0 Å². The molecule has 1 saturated carbocycles. The molecule has 1 unspecified atom stereocenters. The van der Waals surface area contributed by atoms with Crippen LogP contribution in [0.15, 0.2) is 0 Å². The first-order valence-corrected chi connectivity index (χ1v) is 5.78. The molecule has 0 aromatic carbocycles. The van der Waals surface area contributed by atoms with Gasteiger partial charge in [-0.3, -0.25) is 0 Å². The number of rotatable bonds is 7. The Labute approximate surface area is 86.8 Å². The number of hydrogen-bond acceptors (Lipinski definition) is 3. The van der Waals surface area contributed by atoms with Crippen molar-refractivity contribution in [2.75, 3.05) is 19.8 Å². The Balaban J connectivity index is 1.79. The summed E-state index contributed by atoms with van der Waals surface area (Å²) in [5, 5.41) is 12.5. The minimum Gasteiger partial charge on any atom is -0.391 e. The topological polar surface area (TPSA) is 41.5 Å². The van der Waals surface area contributed by atoms with Crippen molar-refractivity contribution in [1.82, 2.24) is 5.32 Å². The minimum atomic E-state index is -0.335. The highest BCUT2D eigenvalue weighted by Crippen LogP contribution is 2.17. The van der Waals surface area contributed by atoms with Crippen molar-refractivity contribution in [3.63, 3.8) is 0 Å². The maximum Gasteiger partial charge on any atom is 0.0745 e. The molecule has 0 heterocycles. The largest absolute Gasteiger partial charge is 0.391 e. The van der Waals surface area contributed by atoms with E-state index in [0.29, 0.717) is 6.61 Å². The van der Waals surface area contributed by atoms with Gasteiger partial charge in [0.15, 0.2) is 0 Å². The van der Waals surface area contributed by atoms with Gasteiger partial charge in [-0.1, -0.05) is 12.8 Å². The Morgan fingerprint density at radius 1 is 1.43 bits per heavy atom. The van der Waals surface area contributed by atoms with E-state index in [2.05, 4.69) is 5.32 Å². The van der Waals surface area contributed by atoms with Gasteiger partial charge in [-0.25, -0.2) is 0 Å². The average Bonchev–Trinajstić information content (AvgIpc) is 2.63. The van der Waals surface area contributed by atoms with Crippen molar-refractivity contribution >= 4 is 0 Å². The van der Waals surface area contributed by atoms with Crippen LogP contribution in [0.25, 0.3) is 0 Å². The van der Waals surface area contributed by atoms with Crippen LogP contribution < -0.4 is 5.32 Å². The van der Waals surface area contributed by atoms with Crippen molar-refractivity contribution in [3.05, 3.63) is 0 Å². The molecule has 1 aliphatic rings. The molecule has 1 atom stereocenters. The molecule has 1 rings (SSSR count). The van der Waals surface area contributed by atoms with Gasteiger partial charge in [0.25, 0.3) is 0 Å². The smallest absolute Gasteiger partial charge is 0.0745 e. The van der Waals surface area contributed by atoms with Gasteiger partial charge in [0.1, 0.15) is 0 Å². The number of ether oxygens (including phenoxy) is 1. The molecular weight excluding hydrogens is 178 g/mol. The zero-order valence-corrected chi connectivity index (χ0v) is 9.17. The number of aliphatic hydroxyl groups excluding tert-OH is 1. The lowest BCUT2D eigenvalue weighted by molar-refractivity contribution is 0.0451. The van der Waals surface area contributed by atoms with E-state index in [1.165, 1.54) is 25.7 Å². The molecule has 14 heavy (non-hydrogen) atoms. The van der Waals surface area contributed by atoms with Crippen LogP contribution in [-0.2, 0) is 4.74 Å². The zero-order valence-electron chi connectivity index (χ0n) is 9.17. The van der Waals surface area contributed by atoms with Crippen LogP contribution in [0.1, 0.15) is 39.0 Å². The maximum atomic E-state index is 8.94. The van der Waals surface area contributed by atoms with E-state index in [4.69, 9.17) is 9.84 Å². The summed E-state index contributed by atoms with van der Waals surface area (Å²) in [6.45, 7) is 4.01. The molecule has 84 valence electrons. The van der Waals surface area contributed by atoms with Gasteiger partial charge >= 0.3 is 0 Å². The highest BCUT2D eigenvalue weighted by molar-refractivity contribution is 4.72. The van der Waals surface area contributed by atoms with Crippen LogP contribution in [0.4, 0.5) is 0 Å². The van der Waals surface area contributed by atoms with Crippen molar-refractivity contribution in [2.24, 2.45) is 0 Å². The molecule has 0 bridgehead atoms. The lowest BCUT2D eigenvalue weighted by Gasteiger charge is -2.11. The Morgan fingerprint density at radius 2 is 2.14 bits per heavy atom. The lowest BCUT2D eigenvalue weighted by Crippen LogP contribution is -2.27. The molecule has 1 aliphatic carbocycles. The molecule has 2 N–H and O–H groups in total. The normalized spacial score (nSPS) is 20.1. The molecular formula is C11H23NO2. The SMILES string of the molecule is CC(O)COCCCNC1CCCC1. The first-order chi connectivity index (χ1) is 6.79. The first kappa shape index (κ1) is 12.0. The van der Waals surface area contributed by atoms with Crippen LogP contribution in [-0.4, -0.2) is 37.0 Å². The van der Waals surface area contributed by atoms with E-state index < -0.39 is 0 Å². The molecule has 0 amide bonds. The number of nitrogens with one attached hydrogen (secondary N) is 1. The quantitative estimate of drug-likeness (QED) is 0.610. The van der Waals surface area contributed by atoms with Crippen molar-refractivity contribution in [3.8, 4) is 0 Å². The standard InChI is InChI=1S/C11H23NO2/c1-10(13)9-14-8-4-7-12-11-5-2-3-6-11/h10-13H,2-9H2,1H3. The van der Waals surface area contributed by atoms with E-state index in [0.717, 1.165) is 25.6 Å². The Hall–Kier alpha value is -0.120. The molecule has 3 heteroatoms. The summed E-state index contributed by atoms with van der Waals surface area (Å²) in [5.41, 5.74) is 0. The fourth-order valence-electron chi connectivity index (χ4n) is 1.86. The van der Waals surface area contributed by atoms with E-state index >= 15 is 0 Å². The molecule has 0 saturated heterocycles. The summed E-state index contributed by atoms with van der Waals surface area (Å²) in [6.07, 6.45) is 6.16. The molecule has 0 aliphatic heterocycles. The Kier molecular flexibility index (Phi) is 6.15. The molecule has 0 aromatic heterocycles.